The van der Waals surface area contributed by atoms with Crippen LogP contribution in [0.3, 0.4) is 0 Å². The van der Waals surface area contributed by atoms with Crippen molar-refractivity contribution in [2.24, 2.45) is 11.3 Å². The number of nitrogens with zero attached hydrogens (tertiary/aromatic N) is 4. The van der Waals surface area contributed by atoms with Crippen molar-refractivity contribution in [2.75, 3.05) is 42.9 Å². The van der Waals surface area contributed by atoms with E-state index in [4.69, 9.17) is 11.6 Å². The average Bonchev–Trinajstić information content (AvgIpc) is 3.04. The molecule has 1 saturated heterocycles. The molecule has 1 aromatic heterocycles. The van der Waals surface area contributed by atoms with Gasteiger partial charge >= 0.3 is 0 Å². The summed E-state index contributed by atoms with van der Waals surface area (Å²) in [4.78, 5) is 49.8. The zero-order valence-corrected chi connectivity index (χ0v) is 25.0. The van der Waals surface area contributed by atoms with E-state index in [-0.39, 0.29) is 29.7 Å². The third kappa shape index (κ3) is 6.84. The highest BCUT2D eigenvalue weighted by Crippen LogP contribution is 2.38. The summed E-state index contributed by atoms with van der Waals surface area (Å²) in [6.45, 7) is 11.7. The second kappa shape index (κ2) is 13.1. The summed E-state index contributed by atoms with van der Waals surface area (Å²) in [7, 11) is 0. The van der Waals surface area contributed by atoms with Crippen LogP contribution < -0.4 is 10.2 Å². The van der Waals surface area contributed by atoms with Crippen molar-refractivity contribution >= 4 is 46.5 Å². The Labute approximate surface area is 243 Å². The first-order valence-electron chi connectivity index (χ1n) is 14.5. The first kappa shape index (κ1) is 30.0. The predicted molar refractivity (Wildman–Crippen MR) is 160 cm³/mol. The van der Waals surface area contributed by atoms with Crippen LogP contribution in [0.15, 0.2) is 36.5 Å². The number of hydrogen-bond donors (Lipinski definition) is 1. The minimum atomic E-state index is -0.304. The van der Waals surface area contributed by atoms with E-state index in [9.17, 15) is 14.4 Å². The molecule has 0 aliphatic carbocycles. The number of piperidine rings is 1. The zero-order valence-electron chi connectivity index (χ0n) is 24.2. The van der Waals surface area contributed by atoms with E-state index in [1.165, 1.54) is 4.90 Å². The van der Waals surface area contributed by atoms with Crippen molar-refractivity contribution in [2.45, 2.75) is 66.2 Å². The minimum Gasteiger partial charge on any atom is -0.343 e. The molecule has 2 aromatic rings. The van der Waals surface area contributed by atoms with Crippen molar-refractivity contribution in [3.8, 4) is 0 Å². The molecule has 40 heavy (non-hydrogen) atoms. The van der Waals surface area contributed by atoms with Crippen molar-refractivity contribution in [1.82, 2.24) is 14.8 Å². The average molecular weight is 568 g/mol. The van der Waals surface area contributed by atoms with Gasteiger partial charge in [0.05, 0.1) is 23.5 Å². The molecular weight excluding hydrogens is 526 g/mol. The number of benzene rings is 1. The van der Waals surface area contributed by atoms with Crippen LogP contribution in [0.4, 0.5) is 17.2 Å². The van der Waals surface area contributed by atoms with Gasteiger partial charge in [-0.05, 0) is 88.4 Å². The molecule has 1 aromatic carbocycles. The number of rotatable bonds is 10. The van der Waals surface area contributed by atoms with Crippen LogP contribution in [0, 0.1) is 11.3 Å². The van der Waals surface area contributed by atoms with E-state index in [0.717, 1.165) is 64.7 Å². The fraction of sp³-hybridized carbons (Fsp3) is 0.548. The Kier molecular flexibility index (Phi) is 9.85. The topological polar surface area (TPSA) is 85.9 Å². The Bertz CT molecular complexity index is 1230. The SMILES string of the molecule is CCCC(C)(C)C(=O)N(CC)CCCC1CCN(CC(=O)N2c3cc(Cl)ccc3C(=O)Nc3cccnc32)CC1. The number of amides is 3. The van der Waals surface area contributed by atoms with Crippen LogP contribution in [-0.2, 0) is 9.59 Å². The molecule has 0 saturated carbocycles. The molecule has 8 nitrogen and oxygen atoms in total. The van der Waals surface area contributed by atoms with E-state index < -0.39 is 0 Å². The fourth-order valence-corrected chi connectivity index (χ4v) is 6.11. The third-order valence-electron chi connectivity index (χ3n) is 8.17. The van der Waals surface area contributed by atoms with Gasteiger partial charge in [-0.15, -0.1) is 0 Å². The molecule has 0 unspecified atom stereocenters. The Balaban J connectivity index is 1.34. The number of pyridine rings is 1. The third-order valence-corrected chi connectivity index (χ3v) is 8.41. The molecule has 216 valence electrons. The number of carbonyl (C=O) groups is 3. The number of fused-ring (bicyclic) bond motifs is 2. The Morgan fingerprint density at radius 3 is 2.62 bits per heavy atom. The maximum absolute atomic E-state index is 13.7. The minimum absolute atomic E-state index is 0.148. The molecule has 0 bridgehead atoms. The molecule has 2 aliphatic rings. The van der Waals surface area contributed by atoms with Gasteiger partial charge in [-0.3, -0.25) is 24.2 Å². The van der Waals surface area contributed by atoms with Gasteiger partial charge in [-0.1, -0.05) is 38.8 Å². The predicted octanol–water partition coefficient (Wildman–Crippen LogP) is 6.13. The summed E-state index contributed by atoms with van der Waals surface area (Å²) < 4.78 is 0. The van der Waals surface area contributed by atoms with Crippen LogP contribution in [0.1, 0.15) is 76.6 Å². The lowest BCUT2D eigenvalue weighted by atomic mass is 9.86. The molecule has 0 radical (unpaired) electrons. The largest absolute Gasteiger partial charge is 0.343 e. The van der Waals surface area contributed by atoms with Gasteiger partial charge in [0.25, 0.3) is 5.91 Å². The number of hydrogen-bond acceptors (Lipinski definition) is 5. The van der Waals surface area contributed by atoms with E-state index >= 15 is 0 Å². The highest BCUT2D eigenvalue weighted by Gasteiger charge is 2.33. The molecular formula is C31H42ClN5O3. The smallest absolute Gasteiger partial charge is 0.257 e. The number of carbonyl (C=O) groups excluding carboxylic acids is 3. The molecule has 4 rings (SSSR count). The van der Waals surface area contributed by atoms with Gasteiger partial charge in [-0.25, -0.2) is 4.98 Å². The van der Waals surface area contributed by atoms with Gasteiger partial charge in [0.15, 0.2) is 5.82 Å². The zero-order chi connectivity index (χ0) is 28.9. The number of anilines is 3. The van der Waals surface area contributed by atoms with Crippen LogP contribution >= 0.6 is 11.6 Å². The van der Waals surface area contributed by atoms with Crippen molar-refractivity contribution in [3.63, 3.8) is 0 Å². The number of nitrogens with one attached hydrogen (secondary N) is 1. The van der Waals surface area contributed by atoms with Crippen LogP contribution in [0.5, 0.6) is 0 Å². The number of halogens is 1. The Morgan fingerprint density at radius 2 is 1.93 bits per heavy atom. The lowest BCUT2D eigenvalue weighted by molar-refractivity contribution is -0.140. The van der Waals surface area contributed by atoms with E-state index in [2.05, 4.69) is 42.9 Å². The van der Waals surface area contributed by atoms with E-state index in [1.54, 1.807) is 36.5 Å². The van der Waals surface area contributed by atoms with Crippen molar-refractivity contribution in [3.05, 3.63) is 47.1 Å². The van der Waals surface area contributed by atoms with Crippen molar-refractivity contribution < 1.29 is 14.4 Å². The summed E-state index contributed by atoms with van der Waals surface area (Å²) in [5.41, 5.74) is 1.01. The Morgan fingerprint density at radius 1 is 1.18 bits per heavy atom. The highest BCUT2D eigenvalue weighted by atomic mass is 35.5. The molecule has 3 amide bonds. The van der Waals surface area contributed by atoms with Gasteiger partial charge in [0.2, 0.25) is 11.8 Å². The molecule has 3 heterocycles. The highest BCUT2D eigenvalue weighted by molar-refractivity contribution is 6.31. The normalized spacial score (nSPS) is 16.1. The monoisotopic (exact) mass is 567 g/mol. The van der Waals surface area contributed by atoms with Crippen LogP contribution in [-0.4, -0.2) is 65.2 Å². The summed E-state index contributed by atoms with van der Waals surface area (Å²) in [6.07, 6.45) is 7.66. The van der Waals surface area contributed by atoms with Crippen LogP contribution in [0.25, 0.3) is 0 Å². The fourth-order valence-electron chi connectivity index (χ4n) is 5.94. The lowest BCUT2D eigenvalue weighted by Crippen LogP contribution is -2.43. The maximum atomic E-state index is 13.7. The summed E-state index contributed by atoms with van der Waals surface area (Å²) in [5.74, 6) is 0.800. The summed E-state index contributed by atoms with van der Waals surface area (Å²) >= 11 is 6.28. The second-order valence-electron chi connectivity index (χ2n) is 11.6. The second-order valence-corrected chi connectivity index (χ2v) is 12.0. The number of likely N-dealkylation sites (tertiary alicyclic amines) is 1. The molecule has 2 aliphatic heterocycles. The lowest BCUT2D eigenvalue weighted by Gasteiger charge is -2.34. The summed E-state index contributed by atoms with van der Waals surface area (Å²) in [6, 6.07) is 8.42. The standard InChI is InChI=1S/C31H42ClN5O3/c1-5-15-31(3,4)30(40)36(6-2)17-8-9-22-13-18-35(19-14-22)21-27(38)37-26-20-23(32)11-12-24(26)29(39)34-25-10-7-16-33-28(25)37/h7,10-12,16,20,22H,5-6,8-9,13-15,17-19,21H2,1-4H3,(H,34,39). The molecule has 1 fully saturated rings. The van der Waals surface area contributed by atoms with Gasteiger partial charge in [-0.2, -0.15) is 0 Å². The molecule has 1 N–H and O–H groups in total. The first-order valence-corrected chi connectivity index (χ1v) is 14.9. The van der Waals surface area contributed by atoms with Gasteiger partial charge in [0, 0.05) is 29.7 Å². The summed E-state index contributed by atoms with van der Waals surface area (Å²) in [5, 5.41) is 3.31. The molecule has 0 atom stereocenters. The van der Waals surface area contributed by atoms with Crippen molar-refractivity contribution in [1.29, 1.82) is 0 Å². The van der Waals surface area contributed by atoms with E-state index in [0.29, 0.717) is 33.7 Å². The van der Waals surface area contributed by atoms with Gasteiger partial charge < -0.3 is 10.2 Å². The maximum Gasteiger partial charge on any atom is 0.257 e. The quantitative estimate of drug-likeness (QED) is 0.373. The molecule has 0 spiro atoms. The first-order chi connectivity index (χ1) is 19.1. The number of aromatic nitrogens is 1. The van der Waals surface area contributed by atoms with Crippen LogP contribution in [0.2, 0.25) is 5.02 Å². The molecule has 9 heteroatoms. The van der Waals surface area contributed by atoms with E-state index in [1.807, 2.05) is 4.90 Å². The Hall–Kier alpha value is -2.97. The van der Waals surface area contributed by atoms with Gasteiger partial charge in [0.1, 0.15) is 0 Å².